The number of hydrogen-bond acceptors (Lipinski definition) is 7. The Morgan fingerprint density at radius 2 is 2.00 bits per heavy atom. The maximum absolute atomic E-state index is 13.1. The van der Waals surface area contributed by atoms with E-state index in [0.29, 0.717) is 33.7 Å². The Labute approximate surface area is 188 Å². The number of ether oxygens (including phenoxy) is 2. The van der Waals surface area contributed by atoms with E-state index in [2.05, 4.69) is 20.5 Å². The number of amides is 2. The van der Waals surface area contributed by atoms with Crippen molar-refractivity contribution in [3.8, 4) is 22.8 Å². The Bertz CT molecular complexity index is 1430. The van der Waals surface area contributed by atoms with Crippen LogP contribution >= 0.6 is 11.3 Å². The number of aromatic nitrogens is 3. The molecule has 0 unspecified atom stereocenters. The first-order chi connectivity index (χ1) is 15.8. The van der Waals surface area contributed by atoms with Crippen molar-refractivity contribution >= 4 is 39.1 Å². The van der Waals surface area contributed by atoms with Crippen LogP contribution in [-0.4, -0.2) is 33.8 Å². The third kappa shape index (κ3) is 3.63. The van der Waals surface area contributed by atoms with E-state index in [1.54, 1.807) is 25.1 Å². The highest BCUT2D eigenvalue weighted by Gasteiger charge is 2.24. The highest BCUT2D eigenvalue weighted by atomic mass is 32.1. The normalized spacial score (nSPS) is 12.5. The van der Waals surface area contributed by atoms with Gasteiger partial charge < -0.3 is 20.5 Å². The van der Waals surface area contributed by atoms with Gasteiger partial charge in [0.05, 0.1) is 11.4 Å². The maximum atomic E-state index is 13.1. The van der Waals surface area contributed by atoms with Crippen LogP contribution in [0.3, 0.4) is 0 Å². The summed E-state index contributed by atoms with van der Waals surface area (Å²) >= 11 is 0.843. The number of nitrogens with zero attached hydrogens (tertiary/aromatic N) is 2. The van der Waals surface area contributed by atoms with E-state index in [1.807, 2.05) is 0 Å². The molecule has 0 fully saturated rings. The van der Waals surface area contributed by atoms with Gasteiger partial charge in [0.15, 0.2) is 11.5 Å². The number of halogens is 2. The van der Waals surface area contributed by atoms with Gasteiger partial charge >= 0.3 is 0 Å². The largest absolute Gasteiger partial charge is 0.454 e. The molecular weight excluding hydrogens is 456 g/mol. The SMILES string of the molecule is Cc1cc(C(F)F)nc2sc(C(N)=O)c(NC(=O)c3cc(-c4ccc5c(c4)OCO5)n[nH]3)c12. The number of alkyl halides is 2. The lowest BCUT2D eigenvalue weighted by molar-refractivity contribution is 0.100. The molecular formula is C21H15F2N5O4S. The van der Waals surface area contributed by atoms with Crippen LogP contribution in [0.15, 0.2) is 30.3 Å². The molecule has 0 radical (unpaired) electrons. The second-order valence-electron chi connectivity index (χ2n) is 7.20. The standard InChI is InChI=1S/C21H15F2N5O4S/c1-8-4-11(18(22)23)25-21-15(8)16(17(33-21)19(24)29)26-20(30)12-6-10(27-28-12)9-2-3-13-14(5-9)32-7-31-13/h2-6,18H,7H2,1H3,(H2,24,29)(H,26,30)(H,27,28). The number of carbonyl (C=O) groups excluding carboxylic acids is 2. The number of benzene rings is 1. The summed E-state index contributed by atoms with van der Waals surface area (Å²) in [5, 5.41) is 9.85. The molecule has 1 aliphatic rings. The fourth-order valence-corrected chi connectivity index (χ4v) is 4.60. The number of H-pyrrole nitrogens is 1. The van der Waals surface area contributed by atoms with E-state index in [-0.39, 0.29) is 27.9 Å². The van der Waals surface area contributed by atoms with Crippen LogP contribution in [0, 0.1) is 6.92 Å². The van der Waals surface area contributed by atoms with E-state index in [0.717, 1.165) is 11.3 Å². The van der Waals surface area contributed by atoms with Gasteiger partial charge in [0.25, 0.3) is 18.2 Å². The van der Waals surface area contributed by atoms with Crippen molar-refractivity contribution in [1.82, 2.24) is 15.2 Å². The van der Waals surface area contributed by atoms with E-state index in [9.17, 15) is 18.4 Å². The molecule has 33 heavy (non-hydrogen) atoms. The summed E-state index contributed by atoms with van der Waals surface area (Å²) in [6.07, 6.45) is -2.77. The summed E-state index contributed by atoms with van der Waals surface area (Å²) < 4.78 is 36.9. The average Bonchev–Trinajstić information content (AvgIpc) is 3.51. The molecule has 1 aliphatic heterocycles. The number of carbonyl (C=O) groups is 2. The monoisotopic (exact) mass is 471 g/mol. The zero-order valence-electron chi connectivity index (χ0n) is 16.9. The number of pyridine rings is 1. The fourth-order valence-electron chi connectivity index (χ4n) is 3.53. The van der Waals surface area contributed by atoms with Crippen LogP contribution in [0.2, 0.25) is 0 Å². The minimum absolute atomic E-state index is 0.0101. The van der Waals surface area contributed by atoms with Gasteiger partial charge in [0.2, 0.25) is 6.79 Å². The van der Waals surface area contributed by atoms with Gasteiger partial charge in [-0.2, -0.15) is 5.10 Å². The Morgan fingerprint density at radius 3 is 2.76 bits per heavy atom. The molecule has 0 saturated carbocycles. The topological polar surface area (TPSA) is 132 Å². The van der Waals surface area contributed by atoms with Gasteiger partial charge in [-0.3, -0.25) is 14.7 Å². The van der Waals surface area contributed by atoms with E-state index >= 15 is 0 Å². The molecule has 0 saturated heterocycles. The summed E-state index contributed by atoms with van der Waals surface area (Å²) in [5.74, 6) is -0.205. The third-order valence-corrected chi connectivity index (χ3v) is 6.15. The van der Waals surface area contributed by atoms with E-state index in [1.165, 1.54) is 12.1 Å². The predicted octanol–water partition coefficient (Wildman–Crippen LogP) is 4.01. The smallest absolute Gasteiger partial charge is 0.280 e. The number of anilines is 1. The minimum atomic E-state index is -2.77. The molecule has 9 nitrogen and oxygen atoms in total. The second kappa shape index (κ2) is 7.81. The minimum Gasteiger partial charge on any atom is -0.454 e. The number of fused-ring (bicyclic) bond motifs is 2. The molecule has 5 rings (SSSR count). The number of aryl methyl sites for hydroxylation is 1. The number of thiophene rings is 1. The van der Waals surface area contributed by atoms with Gasteiger partial charge in [0, 0.05) is 10.9 Å². The van der Waals surface area contributed by atoms with Gasteiger partial charge in [-0.15, -0.1) is 11.3 Å². The van der Waals surface area contributed by atoms with Crippen molar-refractivity contribution < 1.29 is 27.8 Å². The molecule has 2 amide bonds. The summed E-state index contributed by atoms with van der Waals surface area (Å²) in [4.78, 5) is 29.0. The lowest BCUT2D eigenvalue weighted by atomic mass is 10.1. The van der Waals surface area contributed by atoms with Crippen molar-refractivity contribution in [2.45, 2.75) is 13.3 Å². The van der Waals surface area contributed by atoms with Crippen molar-refractivity contribution in [2.75, 3.05) is 12.1 Å². The van der Waals surface area contributed by atoms with Crippen molar-refractivity contribution in [1.29, 1.82) is 0 Å². The Hall–Kier alpha value is -4.06. The lowest BCUT2D eigenvalue weighted by Crippen LogP contribution is -2.17. The molecule has 4 heterocycles. The summed E-state index contributed by atoms with van der Waals surface area (Å²) in [7, 11) is 0. The van der Waals surface area contributed by atoms with Gasteiger partial charge in [-0.1, -0.05) is 0 Å². The zero-order valence-corrected chi connectivity index (χ0v) is 17.8. The van der Waals surface area contributed by atoms with Crippen LogP contribution in [0.1, 0.15) is 37.8 Å². The van der Waals surface area contributed by atoms with E-state index in [4.69, 9.17) is 15.2 Å². The van der Waals surface area contributed by atoms with Crippen LogP contribution in [-0.2, 0) is 0 Å². The summed E-state index contributed by atoms with van der Waals surface area (Å²) in [6.45, 7) is 1.73. The van der Waals surface area contributed by atoms with Crippen LogP contribution in [0.5, 0.6) is 11.5 Å². The number of nitrogens with one attached hydrogen (secondary N) is 2. The molecule has 12 heteroatoms. The summed E-state index contributed by atoms with van der Waals surface area (Å²) in [5.41, 5.74) is 6.91. The van der Waals surface area contributed by atoms with Crippen LogP contribution in [0.4, 0.5) is 14.5 Å². The number of aromatic amines is 1. The molecule has 1 aromatic carbocycles. The molecule has 0 atom stereocenters. The van der Waals surface area contributed by atoms with Crippen molar-refractivity contribution in [3.63, 3.8) is 0 Å². The molecule has 0 aliphatic carbocycles. The first-order valence-electron chi connectivity index (χ1n) is 9.60. The first kappa shape index (κ1) is 20.8. The highest BCUT2D eigenvalue weighted by Crippen LogP contribution is 2.39. The molecule has 0 bridgehead atoms. The number of rotatable bonds is 5. The van der Waals surface area contributed by atoms with Gasteiger partial charge in [-0.05, 0) is 42.8 Å². The molecule has 168 valence electrons. The maximum Gasteiger partial charge on any atom is 0.280 e. The Kier molecular flexibility index (Phi) is 4.93. The van der Waals surface area contributed by atoms with Crippen LogP contribution < -0.4 is 20.5 Å². The molecule has 4 aromatic rings. The van der Waals surface area contributed by atoms with E-state index < -0.39 is 23.9 Å². The number of hydrogen-bond donors (Lipinski definition) is 3. The average molecular weight is 471 g/mol. The molecule has 0 spiro atoms. The van der Waals surface area contributed by atoms with Crippen molar-refractivity contribution in [3.05, 3.63) is 52.2 Å². The fraction of sp³-hybridized carbons (Fsp3) is 0.143. The lowest BCUT2D eigenvalue weighted by Gasteiger charge is -2.07. The number of primary amides is 1. The highest BCUT2D eigenvalue weighted by molar-refractivity contribution is 7.21. The Morgan fingerprint density at radius 1 is 1.21 bits per heavy atom. The third-order valence-electron chi connectivity index (χ3n) is 5.06. The van der Waals surface area contributed by atoms with Gasteiger partial charge in [-0.25, -0.2) is 13.8 Å². The predicted molar refractivity (Wildman–Crippen MR) is 116 cm³/mol. The Balaban J connectivity index is 1.48. The molecule has 3 aromatic heterocycles. The summed E-state index contributed by atoms with van der Waals surface area (Å²) in [6, 6.07) is 8.01. The quantitative estimate of drug-likeness (QED) is 0.403. The van der Waals surface area contributed by atoms with Gasteiger partial charge in [0.1, 0.15) is 21.1 Å². The molecule has 4 N–H and O–H groups in total. The van der Waals surface area contributed by atoms with Crippen LogP contribution in [0.25, 0.3) is 21.5 Å². The number of nitrogens with two attached hydrogens (primary N) is 1. The first-order valence-corrected chi connectivity index (χ1v) is 10.4. The zero-order chi connectivity index (χ0) is 23.3. The van der Waals surface area contributed by atoms with Crippen molar-refractivity contribution in [2.24, 2.45) is 5.73 Å². The second-order valence-corrected chi connectivity index (χ2v) is 8.20.